The molecule has 0 spiro atoms. The first kappa shape index (κ1) is 14.7. The van der Waals surface area contributed by atoms with Gasteiger partial charge in [-0.15, -0.1) is 0 Å². The summed E-state index contributed by atoms with van der Waals surface area (Å²) in [6.45, 7) is 7.88. The van der Waals surface area contributed by atoms with Crippen molar-refractivity contribution in [3.8, 4) is 5.88 Å². The molecule has 0 saturated carbocycles. The van der Waals surface area contributed by atoms with E-state index in [2.05, 4.69) is 48.1 Å². The highest BCUT2D eigenvalue weighted by Gasteiger charge is 2.15. The van der Waals surface area contributed by atoms with Crippen molar-refractivity contribution in [3.63, 3.8) is 0 Å². The Kier molecular flexibility index (Phi) is 5.85. The van der Waals surface area contributed by atoms with E-state index in [-0.39, 0.29) is 0 Å². The van der Waals surface area contributed by atoms with E-state index in [0.717, 1.165) is 6.54 Å². The average Bonchev–Trinajstić information content (AvgIpc) is 2.28. The summed E-state index contributed by atoms with van der Waals surface area (Å²) in [5.41, 5.74) is 0. The molecule has 1 rings (SSSR count). The zero-order valence-corrected chi connectivity index (χ0v) is 12.0. The second-order valence-corrected chi connectivity index (χ2v) is 4.91. The van der Waals surface area contributed by atoms with E-state index in [4.69, 9.17) is 4.74 Å². The minimum atomic E-state index is 0.317. The fourth-order valence-corrected chi connectivity index (χ4v) is 1.62. The summed E-state index contributed by atoms with van der Waals surface area (Å²) in [6.07, 6.45) is 1.72. The van der Waals surface area contributed by atoms with Crippen LogP contribution < -0.4 is 10.1 Å². The highest BCUT2D eigenvalue weighted by Crippen LogP contribution is 2.12. The minimum absolute atomic E-state index is 0.317. The van der Waals surface area contributed by atoms with Gasteiger partial charge in [0.05, 0.1) is 6.61 Å². The smallest absolute Gasteiger partial charge is 0.226 e. The van der Waals surface area contributed by atoms with Gasteiger partial charge in [0.1, 0.15) is 0 Å². The Labute approximate surface area is 110 Å². The number of nitrogens with one attached hydrogen (secondary N) is 1. The van der Waals surface area contributed by atoms with Gasteiger partial charge in [0.25, 0.3) is 0 Å². The molecule has 0 aromatic carbocycles. The number of nitrogens with zero attached hydrogens (tertiary/aromatic N) is 3. The third-order valence-corrected chi connectivity index (χ3v) is 2.60. The summed E-state index contributed by atoms with van der Waals surface area (Å²) in [5.74, 6) is 1.75. The van der Waals surface area contributed by atoms with E-state index in [1.165, 1.54) is 0 Å². The van der Waals surface area contributed by atoms with Crippen LogP contribution in [0.25, 0.3) is 0 Å². The van der Waals surface area contributed by atoms with E-state index in [1.807, 2.05) is 6.92 Å². The molecule has 1 aromatic heterocycles. The number of likely N-dealkylation sites (N-methyl/N-ethyl adjacent to an activating group) is 1. The van der Waals surface area contributed by atoms with Crippen molar-refractivity contribution in [1.82, 2.24) is 14.9 Å². The van der Waals surface area contributed by atoms with Gasteiger partial charge in [0, 0.05) is 24.8 Å². The van der Waals surface area contributed by atoms with Crippen LogP contribution >= 0.6 is 0 Å². The van der Waals surface area contributed by atoms with E-state index >= 15 is 0 Å². The summed E-state index contributed by atoms with van der Waals surface area (Å²) < 4.78 is 5.37. The Morgan fingerprint density at radius 2 is 2.11 bits per heavy atom. The number of ether oxygens (including phenoxy) is 1. The number of hydrogen-bond donors (Lipinski definition) is 1. The van der Waals surface area contributed by atoms with Crippen molar-refractivity contribution < 1.29 is 4.74 Å². The van der Waals surface area contributed by atoms with Gasteiger partial charge >= 0.3 is 0 Å². The molecule has 0 aliphatic carbocycles. The van der Waals surface area contributed by atoms with Gasteiger partial charge in [0.15, 0.2) is 0 Å². The number of hydrogen-bond acceptors (Lipinski definition) is 5. The van der Waals surface area contributed by atoms with E-state index in [1.54, 1.807) is 12.3 Å². The molecule has 0 aliphatic heterocycles. The van der Waals surface area contributed by atoms with Crippen LogP contribution in [0.2, 0.25) is 0 Å². The molecule has 0 saturated heterocycles. The van der Waals surface area contributed by atoms with Gasteiger partial charge < -0.3 is 15.0 Å². The van der Waals surface area contributed by atoms with E-state index in [0.29, 0.717) is 30.4 Å². The Morgan fingerprint density at radius 1 is 1.39 bits per heavy atom. The largest absolute Gasteiger partial charge is 0.478 e. The van der Waals surface area contributed by atoms with Crippen molar-refractivity contribution in [2.45, 2.75) is 26.8 Å². The van der Waals surface area contributed by atoms with Gasteiger partial charge in [-0.05, 0) is 26.9 Å². The fraction of sp³-hybridized carbons (Fsp3) is 0.692. The molecule has 5 heteroatoms. The van der Waals surface area contributed by atoms with Gasteiger partial charge in [-0.25, -0.2) is 4.98 Å². The summed E-state index contributed by atoms with van der Waals surface area (Å²) in [5, 5.41) is 3.36. The normalized spacial score (nSPS) is 12.8. The molecule has 0 amide bonds. The maximum atomic E-state index is 5.37. The molecule has 0 aliphatic rings. The van der Waals surface area contributed by atoms with Gasteiger partial charge in [-0.2, -0.15) is 4.98 Å². The quantitative estimate of drug-likeness (QED) is 0.803. The molecule has 1 atom stereocenters. The molecule has 0 bridgehead atoms. The summed E-state index contributed by atoms with van der Waals surface area (Å²) >= 11 is 0. The fourth-order valence-electron chi connectivity index (χ4n) is 1.62. The predicted molar refractivity (Wildman–Crippen MR) is 74.0 cm³/mol. The number of rotatable bonds is 7. The molecule has 1 N–H and O–H groups in total. The van der Waals surface area contributed by atoms with Crippen molar-refractivity contribution >= 4 is 5.95 Å². The highest BCUT2D eigenvalue weighted by atomic mass is 16.5. The number of anilines is 1. The summed E-state index contributed by atoms with van der Waals surface area (Å²) in [7, 11) is 4.13. The Balaban J connectivity index is 2.70. The summed E-state index contributed by atoms with van der Waals surface area (Å²) in [6, 6.07) is 2.09. The van der Waals surface area contributed by atoms with Crippen molar-refractivity contribution in [2.24, 2.45) is 5.92 Å². The van der Waals surface area contributed by atoms with Gasteiger partial charge in [-0.3, -0.25) is 0 Å². The maximum absolute atomic E-state index is 5.37. The third-order valence-electron chi connectivity index (χ3n) is 2.60. The Hall–Kier alpha value is -1.36. The van der Waals surface area contributed by atoms with Crippen LogP contribution in [0.5, 0.6) is 5.88 Å². The molecule has 18 heavy (non-hydrogen) atoms. The molecule has 5 nitrogen and oxygen atoms in total. The first-order valence-corrected chi connectivity index (χ1v) is 6.40. The lowest BCUT2D eigenvalue weighted by Gasteiger charge is -2.25. The minimum Gasteiger partial charge on any atom is -0.478 e. The van der Waals surface area contributed by atoms with Crippen LogP contribution in [0.1, 0.15) is 20.8 Å². The first-order chi connectivity index (χ1) is 8.52. The van der Waals surface area contributed by atoms with Crippen molar-refractivity contribution in [1.29, 1.82) is 0 Å². The SMILES string of the molecule is CCOc1ccnc(NC(CN(C)C)C(C)C)n1. The standard InChI is InChI=1S/C13H24N4O/c1-6-18-12-7-8-14-13(16-12)15-11(10(2)3)9-17(4)5/h7-8,10-11H,6,9H2,1-5H3,(H,14,15,16). The highest BCUT2D eigenvalue weighted by molar-refractivity contribution is 5.29. The van der Waals surface area contributed by atoms with Crippen molar-refractivity contribution in [2.75, 3.05) is 32.6 Å². The van der Waals surface area contributed by atoms with Crippen LogP contribution in [0.15, 0.2) is 12.3 Å². The lowest BCUT2D eigenvalue weighted by molar-refractivity contribution is 0.325. The van der Waals surface area contributed by atoms with Crippen LogP contribution in [0.4, 0.5) is 5.95 Å². The van der Waals surface area contributed by atoms with Gasteiger partial charge in [0.2, 0.25) is 11.8 Å². The van der Waals surface area contributed by atoms with Gasteiger partial charge in [-0.1, -0.05) is 13.8 Å². The second kappa shape index (κ2) is 7.16. The third kappa shape index (κ3) is 4.87. The second-order valence-electron chi connectivity index (χ2n) is 4.91. The van der Waals surface area contributed by atoms with Crippen LogP contribution in [-0.4, -0.2) is 48.2 Å². The molecular formula is C13H24N4O. The summed E-state index contributed by atoms with van der Waals surface area (Å²) in [4.78, 5) is 10.7. The zero-order valence-electron chi connectivity index (χ0n) is 12.0. The molecule has 102 valence electrons. The number of aromatic nitrogens is 2. The molecular weight excluding hydrogens is 228 g/mol. The first-order valence-electron chi connectivity index (χ1n) is 6.40. The topological polar surface area (TPSA) is 50.3 Å². The van der Waals surface area contributed by atoms with Crippen molar-refractivity contribution in [3.05, 3.63) is 12.3 Å². The Morgan fingerprint density at radius 3 is 2.67 bits per heavy atom. The monoisotopic (exact) mass is 252 g/mol. The van der Waals surface area contributed by atoms with E-state index in [9.17, 15) is 0 Å². The zero-order chi connectivity index (χ0) is 13.5. The molecule has 0 radical (unpaired) electrons. The lowest BCUT2D eigenvalue weighted by atomic mass is 10.0. The van der Waals surface area contributed by atoms with Crippen LogP contribution in [0.3, 0.4) is 0 Å². The molecule has 1 unspecified atom stereocenters. The molecule has 1 aromatic rings. The maximum Gasteiger partial charge on any atom is 0.226 e. The Bertz CT molecular complexity index is 355. The molecule has 1 heterocycles. The van der Waals surface area contributed by atoms with E-state index < -0.39 is 0 Å². The van der Waals surface area contributed by atoms with Crippen LogP contribution in [-0.2, 0) is 0 Å². The predicted octanol–water partition coefficient (Wildman–Crippen LogP) is 1.87. The van der Waals surface area contributed by atoms with Crippen LogP contribution in [0, 0.1) is 5.92 Å². The molecule has 0 fully saturated rings. The average molecular weight is 252 g/mol. The lowest BCUT2D eigenvalue weighted by Crippen LogP contribution is -2.36.